The molecule has 2 aromatic rings. The molecule has 1 saturated heterocycles. The minimum Gasteiger partial charge on any atom is -0.454 e. The Morgan fingerprint density at radius 3 is 2.44 bits per heavy atom. The summed E-state index contributed by atoms with van der Waals surface area (Å²) in [6.07, 6.45) is 0. The zero-order valence-corrected chi connectivity index (χ0v) is 15.4. The highest BCUT2D eigenvalue weighted by Gasteiger charge is 2.15. The van der Waals surface area contributed by atoms with E-state index in [1.54, 1.807) is 18.2 Å². The molecule has 2 N–H and O–H groups in total. The van der Waals surface area contributed by atoms with E-state index in [0.717, 1.165) is 31.9 Å². The SMILES string of the molecule is CN1CCN(c2ccc(NCC(=O)Nc3ccc4c(c3)OCO4)cc2)CC1. The minimum atomic E-state index is -0.114. The van der Waals surface area contributed by atoms with Crippen LogP contribution in [0.25, 0.3) is 0 Å². The highest BCUT2D eigenvalue weighted by Crippen LogP contribution is 2.34. The highest BCUT2D eigenvalue weighted by atomic mass is 16.7. The van der Waals surface area contributed by atoms with Crippen LogP contribution in [0.3, 0.4) is 0 Å². The van der Waals surface area contributed by atoms with Crippen LogP contribution in [-0.4, -0.2) is 57.4 Å². The van der Waals surface area contributed by atoms with Gasteiger partial charge in [-0.25, -0.2) is 0 Å². The van der Waals surface area contributed by atoms with Crippen molar-refractivity contribution in [3.05, 3.63) is 42.5 Å². The Labute approximate surface area is 158 Å². The number of hydrogen-bond donors (Lipinski definition) is 2. The van der Waals surface area contributed by atoms with Gasteiger partial charge < -0.3 is 29.9 Å². The molecule has 142 valence electrons. The third kappa shape index (κ3) is 4.25. The lowest BCUT2D eigenvalue weighted by atomic mass is 10.2. The van der Waals surface area contributed by atoms with E-state index in [0.29, 0.717) is 17.2 Å². The molecule has 0 saturated carbocycles. The predicted octanol–water partition coefficient (Wildman–Crippen LogP) is 2.22. The van der Waals surface area contributed by atoms with Gasteiger partial charge in [0.05, 0.1) is 6.54 Å². The van der Waals surface area contributed by atoms with Gasteiger partial charge in [0.2, 0.25) is 12.7 Å². The van der Waals surface area contributed by atoms with E-state index in [1.165, 1.54) is 5.69 Å². The third-order valence-corrected chi connectivity index (χ3v) is 4.85. The average molecular weight is 368 g/mol. The molecular weight excluding hydrogens is 344 g/mol. The molecule has 0 unspecified atom stereocenters. The lowest BCUT2D eigenvalue weighted by Crippen LogP contribution is -2.44. The Hall–Kier alpha value is -2.93. The van der Waals surface area contributed by atoms with Crippen molar-refractivity contribution in [3.63, 3.8) is 0 Å². The number of nitrogens with zero attached hydrogens (tertiary/aromatic N) is 2. The summed E-state index contributed by atoms with van der Waals surface area (Å²) in [6.45, 7) is 4.67. The number of likely N-dealkylation sites (N-methyl/N-ethyl adjacent to an activating group) is 1. The molecule has 4 rings (SSSR count). The molecule has 1 amide bonds. The summed E-state index contributed by atoms with van der Waals surface area (Å²) >= 11 is 0. The van der Waals surface area contributed by atoms with E-state index >= 15 is 0 Å². The number of anilines is 3. The van der Waals surface area contributed by atoms with Crippen molar-refractivity contribution in [1.29, 1.82) is 0 Å². The molecule has 2 aliphatic heterocycles. The normalized spacial score (nSPS) is 16.3. The Morgan fingerprint density at radius 2 is 1.67 bits per heavy atom. The number of nitrogens with one attached hydrogen (secondary N) is 2. The minimum absolute atomic E-state index is 0.114. The first-order valence-electron chi connectivity index (χ1n) is 9.14. The second-order valence-electron chi connectivity index (χ2n) is 6.81. The average Bonchev–Trinajstić information content (AvgIpc) is 3.15. The van der Waals surface area contributed by atoms with Crippen molar-refractivity contribution in [2.75, 3.05) is 62.1 Å². The van der Waals surface area contributed by atoms with Crippen molar-refractivity contribution >= 4 is 23.0 Å². The Kier molecular flexibility index (Phi) is 5.02. The molecule has 2 aliphatic rings. The quantitative estimate of drug-likeness (QED) is 0.844. The van der Waals surface area contributed by atoms with E-state index < -0.39 is 0 Å². The highest BCUT2D eigenvalue weighted by molar-refractivity contribution is 5.94. The van der Waals surface area contributed by atoms with Gasteiger partial charge in [-0.1, -0.05) is 0 Å². The maximum absolute atomic E-state index is 12.2. The number of carbonyl (C=O) groups excluding carboxylic acids is 1. The van der Waals surface area contributed by atoms with Crippen LogP contribution in [-0.2, 0) is 4.79 Å². The number of ether oxygens (including phenoxy) is 2. The van der Waals surface area contributed by atoms with Gasteiger partial charge in [-0.15, -0.1) is 0 Å². The Balaban J connectivity index is 1.27. The molecule has 0 bridgehead atoms. The van der Waals surface area contributed by atoms with Crippen molar-refractivity contribution < 1.29 is 14.3 Å². The summed E-state index contributed by atoms with van der Waals surface area (Å²) in [7, 11) is 2.15. The summed E-state index contributed by atoms with van der Waals surface area (Å²) in [6, 6.07) is 13.6. The van der Waals surface area contributed by atoms with Gasteiger partial charge in [0.1, 0.15) is 0 Å². The van der Waals surface area contributed by atoms with Crippen molar-refractivity contribution in [2.45, 2.75) is 0 Å². The first-order valence-corrected chi connectivity index (χ1v) is 9.14. The first kappa shape index (κ1) is 17.5. The standard InChI is InChI=1S/C20H24N4O3/c1-23-8-10-24(11-9-23)17-5-2-15(3-6-17)21-13-20(25)22-16-4-7-18-19(12-16)27-14-26-18/h2-7,12,21H,8-11,13-14H2,1H3,(H,22,25). The van der Waals surface area contributed by atoms with E-state index in [2.05, 4.69) is 39.6 Å². The summed E-state index contributed by atoms with van der Waals surface area (Å²) in [4.78, 5) is 16.9. The fourth-order valence-corrected chi connectivity index (χ4v) is 3.22. The van der Waals surface area contributed by atoms with Gasteiger partial charge in [0.15, 0.2) is 11.5 Å². The number of amides is 1. The number of carbonyl (C=O) groups is 1. The number of fused-ring (bicyclic) bond motifs is 1. The zero-order valence-electron chi connectivity index (χ0n) is 15.4. The molecule has 0 atom stereocenters. The molecule has 27 heavy (non-hydrogen) atoms. The summed E-state index contributed by atoms with van der Waals surface area (Å²) < 4.78 is 10.6. The molecule has 0 aliphatic carbocycles. The molecule has 7 heteroatoms. The smallest absolute Gasteiger partial charge is 0.243 e. The largest absolute Gasteiger partial charge is 0.454 e. The molecule has 0 spiro atoms. The number of benzene rings is 2. The lowest BCUT2D eigenvalue weighted by molar-refractivity contribution is -0.114. The maximum Gasteiger partial charge on any atom is 0.243 e. The van der Waals surface area contributed by atoms with Crippen LogP contribution in [0.1, 0.15) is 0 Å². The van der Waals surface area contributed by atoms with E-state index in [9.17, 15) is 4.79 Å². The number of piperazine rings is 1. The summed E-state index contributed by atoms with van der Waals surface area (Å²) in [5, 5.41) is 6.02. The van der Waals surface area contributed by atoms with Crippen molar-refractivity contribution in [2.24, 2.45) is 0 Å². The first-order chi connectivity index (χ1) is 13.2. The fourth-order valence-electron chi connectivity index (χ4n) is 3.22. The van der Waals surface area contributed by atoms with Crippen LogP contribution in [0.2, 0.25) is 0 Å². The molecule has 2 aromatic carbocycles. The van der Waals surface area contributed by atoms with Gasteiger partial charge in [-0.05, 0) is 43.4 Å². The molecule has 1 fully saturated rings. The molecule has 7 nitrogen and oxygen atoms in total. The van der Waals surface area contributed by atoms with E-state index in [4.69, 9.17) is 9.47 Å². The Morgan fingerprint density at radius 1 is 0.963 bits per heavy atom. The lowest BCUT2D eigenvalue weighted by Gasteiger charge is -2.34. The monoisotopic (exact) mass is 368 g/mol. The van der Waals surface area contributed by atoms with Gasteiger partial charge in [0, 0.05) is 49.3 Å². The summed E-state index contributed by atoms with van der Waals surface area (Å²) in [5.74, 6) is 1.24. The summed E-state index contributed by atoms with van der Waals surface area (Å²) in [5.41, 5.74) is 2.84. The zero-order chi connectivity index (χ0) is 18.6. The molecule has 2 heterocycles. The molecular formula is C20H24N4O3. The van der Waals surface area contributed by atoms with E-state index in [1.807, 2.05) is 12.1 Å². The third-order valence-electron chi connectivity index (χ3n) is 4.85. The fraction of sp³-hybridized carbons (Fsp3) is 0.350. The predicted molar refractivity (Wildman–Crippen MR) is 106 cm³/mol. The van der Waals surface area contributed by atoms with Crippen LogP contribution in [0.5, 0.6) is 11.5 Å². The van der Waals surface area contributed by atoms with Gasteiger partial charge in [0.25, 0.3) is 0 Å². The second-order valence-corrected chi connectivity index (χ2v) is 6.81. The van der Waals surface area contributed by atoms with Gasteiger partial charge >= 0.3 is 0 Å². The molecule has 0 radical (unpaired) electrons. The van der Waals surface area contributed by atoms with Crippen molar-refractivity contribution in [1.82, 2.24) is 4.90 Å². The number of hydrogen-bond acceptors (Lipinski definition) is 6. The number of rotatable bonds is 5. The Bertz CT molecular complexity index is 801. The topological polar surface area (TPSA) is 66.1 Å². The second kappa shape index (κ2) is 7.75. The van der Waals surface area contributed by atoms with Crippen LogP contribution >= 0.6 is 0 Å². The van der Waals surface area contributed by atoms with Gasteiger partial charge in [-0.3, -0.25) is 4.79 Å². The maximum atomic E-state index is 12.2. The van der Waals surface area contributed by atoms with Crippen molar-refractivity contribution in [3.8, 4) is 11.5 Å². The van der Waals surface area contributed by atoms with Crippen LogP contribution in [0.4, 0.5) is 17.1 Å². The van der Waals surface area contributed by atoms with Crippen LogP contribution in [0, 0.1) is 0 Å². The van der Waals surface area contributed by atoms with E-state index in [-0.39, 0.29) is 19.2 Å². The molecule has 0 aromatic heterocycles. The van der Waals surface area contributed by atoms with Crippen LogP contribution < -0.4 is 25.0 Å². The van der Waals surface area contributed by atoms with Crippen LogP contribution in [0.15, 0.2) is 42.5 Å². The van der Waals surface area contributed by atoms with Gasteiger partial charge in [-0.2, -0.15) is 0 Å².